The lowest BCUT2D eigenvalue weighted by molar-refractivity contribution is -0.148. The molecule has 0 aliphatic carbocycles. The van der Waals surface area contributed by atoms with Crippen LogP contribution in [-0.4, -0.2) is 166 Å². The molecule has 13 atom stereocenters. The van der Waals surface area contributed by atoms with Crippen molar-refractivity contribution in [3.05, 3.63) is 52.5 Å². The third kappa shape index (κ3) is 15.0. The van der Waals surface area contributed by atoms with Crippen molar-refractivity contribution in [2.75, 3.05) is 41.4 Å². The molecule has 16 nitrogen and oxygen atoms in total. The first kappa shape index (κ1) is 55.8. The number of benzene rings is 1. The molecule has 1 aliphatic rings. The molecule has 3 rings (SSSR count). The van der Waals surface area contributed by atoms with E-state index in [0.717, 1.165) is 17.0 Å². The molecule has 13 unspecified atom stereocenters. The Bertz CT molecular complexity index is 1740. The summed E-state index contributed by atoms with van der Waals surface area (Å²) in [6.45, 7) is 15.1. The van der Waals surface area contributed by atoms with Gasteiger partial charge in [-0.15, -0.1) is 11.3 Å². The smallest absolute Gasteiger partial charge is 0.245 e. The van der Waals surface area contributed by atoms with E-state index in [2.05, 4.69) is 15.6 Å². The molecule has 2 aromatic rings. The maximum Gasteiger partial charge on any atom is 0.245 e. The number of carbonyl (C=O) groups is 4. The van der Waals surface area contributed by atoms with Crippen molar-refractivity contribution in [1.82, 2.24) is 30.3 Å². The van der Waals surface area contributed by atoms with Crippen molar-refractivity contribution in [3.63, 3.8) is 0 Å². The molecule has 1 fully saturated rings. The van der Waals surface area contributed by atoms with Crippen LogP contribution in [0, 0.1) is 23.7 Å². The van der Waals surface area contributed by atoms with Gasteiger partial charge in [-0.2, -0.15) is 0 Å². The van der Waals surface area contributed by atoms with E-state index in [1.54, 1.807) is 49.0 Å². The Kier molecular flexibility index (Phi) is 22.9. The predicted molar refractivity (Wildman–Crippen MR) is 252 cm³/mol. The van der Waals surface area contributed by atoms with Gasteiger partial charge < -0.3 is 50.3 Å². The van der Waals surface area contributed by atoms with Crippen LogP contribution in [0.25, 0.3) is 0 Å². The molecule has 65 heavy (non-hydrogen) atoms. The molecule has 2 heterocycles. The van der Waals surface area contributed by atoms with Crippen LogP contribution in [0.2, 0.25) is 0 Å². The van der Waals surface area contributed by atoms with Gasteiger partial charge in [0.05, 0.1) is 60.9 Å². The average molecular weight is 933 g/mol. The molecule has 4 amide bonds. The number of methoxy groups -OCH3 is 2. The largest absolute Gasteiger partial charge is 0.390 e. The Balaban J connectivity index is 1.78. The standard InChI is InChI=1S/C48H80N6O10S/c1-13-30(7)41(53(10)48(62)39(28(3)4)51-46(61)40(29(5)6)52(9)27-36(56)43(59)42(58)35(55)14-2)37(63-11)26-38(57)54-23-18-21-34(54)44(64-12)31(8)45(60)50-33(47-49-22-24-65-47)25-32-19-16-15-17-20-32/h15-17,19-20,22,24,28-31,33-37,39-44,55-56,58-59H,13-14,18,21,23,25-27H2,1-12H3,(H,50,60)(H,51,61). The van der Waals surface area contributed by atoms with Crippen LogP contribution < -0.4 is 10.6 Å². The number of hydrogen-bond acceptors (Lipinski definition) is 13. The third-order valence-electron chi connectivity index (χ3n) is 13.2. The molecule has 17 heteroatoms. The van der Waals surface area contributed by atoms with Gasteiger partial charge in [-0.25, -0.2) is 4.98 Å². The van der Waals surface area contributed by atoms with Gasteiger partial charge >= 0.3 is 0 Å². The number of nitrogens with zero attached hydrogens (tertiary/aromatic N) is 4. The number of carbonyl (C=O) groups excluding carboxylic acids is 4. The molecule has 1 aromatic carbocycles. The van der Waals surface area contributed by atoms with E-state index in [1.165, 1.54) is 18.4 Å². The second-order valence-corrected chi connectivity index (χ2v) is 19.5. The summed E-state index contributed by atoms with van der Waals surface area (Å²) in [6.07, 6.45) is -2.72. The number of aromatic nitrogens is 1. The molecule has 368 valence electrons. The molecule has 1 aliphatic heterocycles. The van der Waals surface area contributed by atoms with E-state index in [-0.39, 0.29) is 66.9 Å². The number of rotatable bonds is 27. The molecular weight excluding hydrogens is 853 g/mol. The highest BCUT2D eigenvalue weighted by Crippen LogP contribution is 2.31. The maximum atomic E-state index is 14.6. The molecular formula is C48H80N6O10S. The first-order chi connectivity index (χ1) is 30.7. The zero-order valence-corrected chi connectivity index (χ0v) is 41.6. The monoisotopic (exact) mass is 933 g/mol. The fourth-order valence-corrected chi connectivity index (χ4v) is 9.95. The third-order valence-corrected chi connectivity index (χ3v) is 14.1. The highest BCUT2D eigenvalue weighted by molar-refractivity contribution is 7.09. The van der Waals surface area contributed by atoms with E-state index in [1.807, 2.05) is 84.2 Å². The van der Waals surface area contributed by atoms with Crippen molar-refractivity contribution in [2.45, 2.75) is 161 Å². The van der Waals surface area contributed by atoms with Crippen LogP contribution in [0.4, 0.5) is 0 Å². The Morgan fingerprint density at radius 3 is 2.06 bits per heavy atom. The van der Waals surface area contributed by atoms with Crippen LogP contribution in [-0.2, 0) is 35.1 Å². The number of likely N-dealkylation sites (tertiary alicyclic amines) is 1. The van der Waals surface area contributed by atoms with Gasteiger partial charge in [0.2, 0.25) is 23.6 Å². The van der Waals surface area contributed by atoms with Crippen molar-refractivity contribution >= 4 is 35.0 Å². The van der Waals surface area contributed by atoms with Crippen molar-refractivity contribution < 1.29 is 49.1 Å². The van der Waals surface area contributed by atoms with Crippen LogP contribution in [0.15, 0.2) is 41.9 Å². The van der Waals surface area contributed by atoms with Gasteiger partial charge in [0.15, 0.2) is 0 Å². The number of hydrogen-bond donors (Lipinski definition) is 6. The topological polar surface area (TPSA) is 214 Å². The number of nitrogens with one attached hydrogen (secondary N) is 2. The quantitative estimate of drug-likeness (QED) is 0.0761. The van der Waals surface area contributed by atoms with E-state index in [0.29, 0.717) is 25.8 Å². The second-order valence-electron chi connectivity index (χ2n) is 18.6. The van der Waals surface area contributed by atoms with Gasteiger partial charge in [0, 0.05) is 45.9 Å². The van der Waals surface area contributed by atoms with Gasteiger partial charge in [-0.05, 0) is 56.0 Å². The zero-order chi connectivity index (χ0) is 48.7. The normalized spacial score (nSPS) is 20.0. The SMILES string of the molecule is CCC(C)C(C(CC(=O)N1CCCC1C(OC)C(C)C(=O)NC(Cc1ccccc1)c1nccs1)OC)N(C)C(=O)C(NC(=O)C(C(C)C)N(C)CC(O)C(O)C(O)C(O)CC)C(C)C. The fourth-order valence-electron chi connectivity index (χ4n) is 9.26. The van der Waals surface area contributed by atoms with E-state index in [4.69, 9.17) is 9.47 Å². The zero-order valence-electron chi connectivity index (χ0n) is 40.8. The summed E-state index contributed by atoms with van der Waals surface area (Å²) >= 11 is 1.48. The molecule has 0 spiro atoms. The Morgan fingerprint density at radius 2 is 1.52 bits per heavy atom. The summed E-state index contributed by atoms with van der Waals surface area (Å²) in [5.41, 5.74) is 1.07. The maximum absolute atomic E-state index is 14.6. The highest BCUT2D eigenvalue weighted by Gasteiger charge is 2.44. The first-order valence-corrected chi connectivity index (χ1v) is 24.2. The lowest BCUT2D eigenvalue weighted by Crippen LogP contribution is -2.60. The first-order valence-electron chi connectivity index (χ1n) is 23.3. The molecule has 6 N–H and O–H groups in total. The lowest BCUT2D eigenvalue weighted by atomic mass is 9.89. The summed E-state index contributed by atoms with van der Waals surface area (Å²) in [7, 11) is 6.39. The Hall–Kier alpha value is -3.55. The summed E-state index contributed by atoms with van der Waals surface area (Å²) < 4.78 is 12.1. The van der Waals surface area contributed by atoms with Gasteiger partial charge in [0.1, 0.15) is 23.3 Å². The number of ether oxygens (including phenoxy) is 2. The van der Waals surface area contributed by atoms with Gasteiger partial charge in [0.25, 0.3) is 0 Å². The van der Waals surface area contributed by atoms with Crippen LogP contribution in [0.1, 0.15) is 104 Å². The summed E-state index contributed by atoms with van der Waals surface area (Å²) in [5.74, 6) is -2.51. The van der Waals surface area contributed by atoms with Crippen molar-refractivity contribution in [3.8, 4) is 0 Å². The number of aliphatic hydroxyl groups excluding tert-OH is 4. The summed E-state index contributed by atoms with van der Waals surface area (Å²) in [6, 6.07) is 6.88. The van der Waals surface area contributed by atoms with E-state index >= 15 is 0 Å². The van der Waals surface area contributed by atoms with Crippen LogP contribution >= 0.6 is 11.3 Å². The van der Waals surface area contributed by atoms with Crippen molar-refractivity contribution in [1.29, 1.82) is 0 Å². The number of likely N-dealkylation sites (N-methyl/N-ethyl adjacent to an activating group) is 2. The summed E-state index contributed by atoms with van der Waals surface area (Å²) in [4.78, 5) is 66.5. The van der Waals surface area contributed by atoms with Gasteiger partial charge in [-0.1, -0.05) is 92.1 Å². The average Bonchev–Trinajstić information content (AvgIpc) is 4.01. The Labute approximate surface area is 391 Å². The van der Waals surface area contributed by atoms with E-state index in [9.17, 15) is 39.6 Å². The van der Waals surface area contributed by atoms with Crippen LogP contribution in [0.5, 0.6) is 0 Å². The van der Waals surface area contributed by atoms with Gasteiger partial charge in [-0.3, -0.25) is 24.1 Å². The minimum atomic E-state index is -1.65. The second kappa shape index (κ2) is 26.7. The molecule has 1 saturated heterocycles. The molecule has 1 aromatic heterocycles. The molecule has 0 radical (unpaired) electrons. The molecule has 0 saturated carbocycles. The predicted octanol–water partition coefficient (Wildman–Crippen LogP) is 3.41. The Morgan fingerprint density at radius 1 is 0.877 bits per heavy atom. The molecule has 0 bridgehead atoms. The minimum Gasteiger partial charge on any atom is -0.390 e. The van der Waals surface area contributed by atoms with Crippen LogP contribution in [0.3, 0.4) is 0 Å². The van der Waals surface area contributed by atoms with Crippen molar-refractivity contribution in [2.24, 2.45) is 23.7 Å². The fraction of sp³-hybridized carbons (Fsp3) is 0.729. The highest BCUT2D eigenvalue weighted by atomic mass is 32.1. The number of thiazole rings is 1. The number of amides is 4. The number of aliphatic hydroxyl groups is 4. The minimum absolute atomic E-state index is 0.0308. The lowest BCUT2D eigenvalue weighted by Gasteiger charge is -2.41. The van der Waals surface area contributed by atoms with E-state index < -0.39 is 66.6 Å². The summed E-state index contributed by atoms with van der Waals surface area (Å²) in [5, 5.41) is 50.5.